The lowest BCUT2D eigenvalue weighted by atomic mass is 10.0. The Balaban J connectivity index is 3.75. The van der Waals surface area contributed by atoms with Crippen molar-refractivity contribution >= 4 is 8.03 Å². The molecule has 0 aromatic rings. The molecule has 0 rings (SSSR count). The van der Waals surface area contributed by atoms with E-state index >= 15 is 0 Å². The molecule has 0 N–H and O–H groups in total. The van der Waals surface area contributed by atoms with Crippen LogP contribution in [-0.2, 0) is 9.09 Å². The van der Waals surface area contributed by atoms with Gasteiger partial charge in [0.15, 0.2) is 5.66 Å². The summed E-state index contributed by atoms with van der Waals surface area (Å²) in [7, 11) is -1.47. The zero-order valence-electron chi connectivity index (χ0n) is 13.5. The van der Waals surface area contributed by atoms with Gasteiger partial charge in [-0.2, -0.15) is 0 Å². The molecule has 2 nitrogen and oxygen atoms in total. The molecule has 0 saturated carbocycles. The summed E-state index contributed by atoms with van der Waals surface area (Å²) in [5.74, 6) is 0.589. The highest BCUT2D eigenvalue weighted by atomic mass is 31.1. The van der Waals surface area contributed by atoms with Crippen LogP contribution in [-0.4, -0.2) is 12.3 Å². The summed E-state index contributed by atoms with van der Waals surface area (Å²) in [5, 5.41) is 0. The van der Waals surface area contributed by atoms with Gasteiger partial charge >= 0.3 is 8.03 Å². The van der Waals surface area contributed by atoms with E-state index in [9.17, 15) is 4.57 Å². The molecule has 0 aliphatic rings. The first-order valence-electron chi connectivity index (χ1n) is 8.24. The highest BCUT2D eigenvalue weighted by molar-refractivity contribution is 7.40. The van der Waals surface area contributed by atoms with Crippen LogP contribution >= 0.6 is 8.03 Å². The fourth-order valence-electron chi connectivity index (χ4n) is 2.18. The molecule has 0 heterocycles. The smallest absolute Gasteiger partial charge is 0.146 e. The Bertz CT molecular complexity index is 219. The molecule has 0 aromatic heterocycles. The summed E-state index contributed by atoms with van der Waals surface area (Å²) in [6.07, 6.45) is 10.9. The van der Waals surface area contributed by atoms with Gasteiger partial charge in [-0.25, -0.2) is 0 Å². The van der Waals surface area contributed by atoms with Crippen molar-refractivity contribution in [1.29, 1.82) is 0 Å². The summed E-state index contributed by atoms with van der Waals surface area (Å²) >= 11 is 0. The fourth-order valence-corrected chi connectivity index (χ4v) is 3.18. The standard InChI is InChI=1S/C16H34O2P/c1-5-8-10-11-12-15(4)19(17)18-14-16(7-3)13-9-6-2/h15-16H,5-14H2,1-4H3/q+1. The highest BCUT2D eigenvalue weighted by Crippen LogP contribution is 2.34. The lowest BCUT2D eigenvalue weighted by Gasteiger charge is -2.10. The van der Waals surface area contributed by atoms with Gasteiger partial charge in [-0.3, -0.25) is 0 Å². The first kappa shape index (κ1) is 19.1. The molecule has 0 aromatic carbocycles. The zero-order chi connectivity index (χ0) is 14.5. The van der Waals surface area contributed by atoms with Gasteiger partial charge in [0, 0.05) is 0 Å². The minimum atomic E-state index is -1.47. The maximum absolute atomic E-state index is 12.0. The van der Waals surface area contributed by atoms with Crippen LogP contribution in [0.1, 0.15) is 85.5 Å². The van der Waals surface area contributed by atoms with Crippen LogP contribution in [0.2, 0.25) is 0 Å². The summed E-state index contributed by atoms with van der Waals surface area (Å²) < 4.78 is 17.6. The Kier molecular flexibility index (Phi) is 13.1. The second-order valence-corrected chi connectivity index (χ2v) is 7.41. The van der Waals surface area contributed by atoms with E-state index in [2.05, 4.69) is 27.7 Å². The van der Waals surface area contributed by atoms with Crippen molar-refractivity contribution in [1.82, 2.24) is 0 Å². The van der Waals surface area contributed by atoms with Crippen molar-refractivity contribution in [2.24, 2.45) is 5.92 Å². The molecule has 0 fully saturated rings. The summed E-state index contributed by atoms with van der Waals surface area (Å²) in [4.78, 5) is 0. The third-order valence-electron chi connectivity index (χ3n) is 3.82. The quantitative estimate of drug-likeness (QED) is 0.293. The average Bonchev–Trinajstić information content (AvgIpc) is 2.43. The molecule has 3 unspecified atom stereocenters. The second-order valence-electron chi connectivity index (χ2n) is 5.70. The highest BCUT2D eigenvalue weighted by Gasteiger charge is 2.28. The average molecular weight is 289 g/mol. The predicted octanol–water partition coefficient (Wildman–Crippen LogP) is 6.32. The summed E-state index contributed by atoms with van der Waals surface area (Å²) in [6, 6.07) is 0. The molecule has 0 amide bonds. The number of hydrogen-bond donors (Lipinski definition) is 0. The van der Waals surface area contributed by atoms with E-state index in [1.165, 1.54) is 44.9 Å². The molecule has 0 aliphatic carbocycles. The Morgan fingerprint density at radius 3 is 2.21 bits per heavy atom. The van der Waals surface area contributed by atoms with Crippen LogP contribution < -0.4 is 0 Å². The minimum absolute atomic E-state index is 0.218. The van der Waals surface area contributed by atoms with E-state index in [1.807, 2.05) is 0 Å². The van der Waals surface area contributed by atoms with E-state index in [0.29, 0.717) is 12.5 Å². The minimum Gasteiger partial charge on any atom is -0.146 e. The van der Waals surface area contributed by atoms with E-state index in [1.54, 1.807) is 0 Å². The lowest BCUT2D eigenvalue weighted by molar-refractivity contribution is 0.240. The molecule has 3 atom stereocenters. The van der Waals surface area contributed by atoms with Crippen molar-refractivity contribution < 1.29 is 9.09 Å². The van der Waals surface area contributed by atoms with Gasteiger partial charge < -0.3 is 0 Å². The van der Waals surface area contributed by atoms with Crippen LogP contribution in [0.5, 0.6) is 0 Å². The predicted molar refractivity (Wildman–Crippen MR) is 85.1 cm³/mol. The maximum Gasteiger partial charge on any atom is 0.510 e. The van der Waals surface area contributed by atoms with Crippen molar-refractivity contribution in [3.05, 3.63) is 0 Å². The van der Waals surface area contributed by atoms with E-state index in [-0.39, 0.29) is 5.66 Å². The van der Waals surface area contributed by atoms with Crippen LogP contribution in [0.25, 0.3) is 0 Å². The molecule has 0 bridgehead atoms. The third-order valence-corrected chi connectivity index (χ3v) is 5.20. The fraction of sp³-hybridized carbons (Fsp3) is 1.00. The van der Waals surface area contributed by atoms with Gasteiger partial charge in [-0.05, 0) is 36.7 Å². The largest absolute Gasteiger partial charge is 0.510 e. The van der Waals surface area contributed by atoms with E-state index < -0.39 is 8.03 Å². The van der Waals surface area contributed by atoms with Crippen LogP contribution in [0.3, 0.4) is 0 Å². The van der Waals surface area contributed by atoms with Gasteiger partial charge in [-0.15, -0.1) is 4.52 Å². The molecule has 0 radical (unpaired) electrons. The van der Waals surface area contributed by atoms with Gasteiger partial charge in [0.05, 0.1) is 0 Å². The zero-order valence-corrected chi connectivity index (χ0v) is 14.4. The molecular weight excluding hydrogens is 255 g/mol. The molecule has 19 heavy (non-hydrogen) atoms. The number of unbranched alkanes of at least 4 members (excludes halogenated alkanes) is 4. The van der Waals surface area contributed by atoms with Gasteiger partial charge in [0.2, 0.25) is 0 Å². The van der Waals surface area contributed by atoms with Gasteiger partial charge in [-0.1, -0.05) is 59.3 Å². The monoisotopic (exact) mass is 289 g/mol. The van der Waals surface area contributed by atoms with Crippen molar-refractivity contribution in [2.75, 3.05) is 6.61 Å². The first-order valence-corrected chi connectivity index (χ1v) is 9.49. The Morgan fingerprint density at radius 2 is 1.63 bits per heavy atom. The Morgan fingerprint density at radius 1 is 0.947 bits per heavy atom. The van der Waals surface area contributed by atoms with E-state index in [4.69, 9.17) is 4.52 Å². The molecule has 0 saturated heterocycles. The second kappa shape index (κ2) is 13.1. The number of hydrogen-bond acceptors (Lipinski definition) is 2. The lowest BCUT2D eigenvalue weighted by Crippen LogP contribution is -2.08. The topological polar surface area (TPSA) is 26.3 Å². The molecule has 0 aliphatic heterocycles. The summed E-state index contributed by atoms with van der Waals surface area (Å²) in [6.45, 7) is 9.38. The summed E-state index contributed by atoms with van der Waals surface area (Å²) in [5.41, 5.74) is 0.218. The van der Waals surface area contributed by atoms with E-state index in [0.717, 1.165) is 12.8 Å². The van der Waals surface area contributed by atoms with Crippen molar-refractivity contribution in [3.63, 3.8) is 0 Å². The molecule has 0 spiro atoms. The normalized spacial score (nSPS) is 15.3. The van der Waals surface area contributed by atoms with Crippen LogP contribution in [0.4, 0.5) is 0 Å². The Labute approximate surface area is 121 Å². The van der Waals surface area contributed by atoms with Gasteiger partial charge in [0.25, 0.3) is 0 Å². The molecule has 114 valence electrons. The Hall–Kier alpha value is 0.0600. The first-order chi connectivity index (χ1) is 9.15. The molecule has 3 heteroatoms. The number of rotatable bonds is 13. The maximum atomic E-state index is 12.0. The van der Waals surface area contributed by atoms with Crippen molar-refractivity contribution in [2.45, 2.75) is 91.1 Å². The van der Waals surface area contributed by atoms with Gasteiger partial charge in [0.1, 0.15) is 6.61 Å². The van der Waals surface area contributed by atoms with Crippen LogP contribution in [0.15, 0.2) is 0 Å². The van der Waals surface area contributed by atoms with Crippen LogP contribution in [0, 0.1) is 5.92 Å². The SMILES string of the molecule is CCCCCCC(C)[P+](=O)OCC(CC)CCCC. The third kappa shape index (κ3) is 10.5. The molecular formula is C16H34O2P+. The van der Waals surface area contributed by atoms with Crippen molar-refractivity contribution in [3.8, 4) is 0 Å².